The number of unbranched alkanes of at least 4 members (excludes halogenated alkanes) is 18. The number of rotatable bonds is 27. The first kappa shape index (κ1) is 34.2. The van der Waals surface area contributed by atoms with Crippen LogP contribution >= 0.6 is 0 Å². The zero-order chi connectivity index (χ0) is 25.8. The molecule has 2 atom stereocenters. The Bertz CT molecular complexity index is 460. The lowest BCUT2D eigenvalue weighted by Crippen LogP contribution is -2.31. The smallest absolute Gasteiger partial charge is 0.311 e. The van der Waals surface area contributed by atoms with Crippen LogP contribution < -0.4 is 0 Å². The van der Waals surface area contributed by atoms with Crippen LogP contribution in [0.25, 0.3) is 0 Å². The second-order valence-electron chi connectivity index (χ2n) is 10.5. The van der Waals surface area contributed by atoms with E-state index in [2.05, 4.69) is 26.0 Å². The Hall–Kier alpha value is -0.830. The number of allylic oxidation sites excluding steroid dienone is 2. The molecule has 0 aromatic heterocycles. The molecule has 0 saturated heterocycles. The van der Waals surface area contributed by atoms with Gasteiger partial charge in [0.2, 0.25) is 0 Å². The normalized spacial score (nSPS) is 13.4. The highest BCUT2D eigenvalue weighted by molar-refractivity contribution is 5.72. The van der Waals surface area contributed by atoms with E-state index in [1.807, 2.05) is 0 Å². The predicted octanol–water partition coefficient (Wildman–Crippen LogP) is 10.4. The summed E-state index contributed by atoms with van der Waals surface area (Å²) in [5, 5.41) is 0. The highest BCUT2D eigenvalue weighted by Crippen LogP contribution is 2.23. The number of carbonyl (C=O) groups is 1. The Labute approximate surface area is 220 Å². The molecular formula is C32H62O3. The maximum absolute atomic E-state index is 12.4. The summed E-state index contributed by atoms with van der Waals surface area (Å²) in [4.78, 5) is 12.4. The lowest BCUT2D eigenvalue weighted by Gasteiger charge is -2.24. The summed E-state index contributed by atoms with van der Waals surface area (Å²) in [6.45, 7) is 4.54. The van der Waals surface area contributed by atoms with Gasteiger partial charge in [0.15, 0.2) is 0 Å². The third-order valence-electron chi connectivity index (χ3n) is 7.37. The molecule has 208 valence electrons. The second-order valence-corrected chi connectivity index (χ2v) is 10.5. The van der Waals surface area contributed by atoms with Crippen molar-refractivity contribution >= 4 is 5.97 Å². The van der Waals surface area contributed by atoms with Crippen molar-refractivity contribution in [1.82, 2.24) is 0 Å². The molecule has 3 heteroatoms. The summed E-state index contributed by atoms with van der Waals surface area (Å²) in [6, 6.07) is 0. The minimum Gasteiger partial charge on any atom is -0.469 e. The van der Waals surface area contributed by atoms with Gasteiger partial charge in [0.05, 0.1) is 19.1 Å². The van der Waals surface area contributed by atoms with Gasteiger partial charge in [-0.05, 0) is 38.5 Å². The number of carbonyl (C=O) groups excluding carboxylic acids is 1. The van der Waals surface area contributed by atoms with Crippen molar-refractivity contribution in [2.24, 2.45) is 5.92 Å². The van der Waals surface area contributed by atoms with Gasteiger partial charge in [-0.2, -0.15) is 0 Å². The molecule has 0 aromatic rings. The third-order valence-corrected chi connectivity index (χ3v) is 7.37. The molecule has 0 saturated carbocycles. The minimum absolute atomic E-state index is 0.00310. The number of esters is 1. The molecule has 0 rings (SSSR count). The van der Waals surface area contributed by atoms with Crippen LogP contribution in [0.4, 0.5) is 0 Å². The summed E-state index contributed by atoms with van der Waals surface area (Å²) in [7, 11) is 3.27. The van der Waals surface area contributed by atoms with Gasteiger partial charge in [-0.25, -0.2) is 0 Å². The van der Waals surface area contributed by atoms with E-state index < -0.39 is 0 Å². The Morgan fingerprint density at radius 3 is 1.43 bits per heavy atom. The fraction of sp³-hybridized carbons (Fsp3) is 0.906. The van der Waals surface area contributed by atoms with Crippen LogP contribution in [-0.2, 0) is 14.3 Å². The third kappa shape index (κ3) is 22.1. The number of methoxy groups -OCH3 is 2. The quantitative estimate of drug-likeness (QED) is 0.0647. The molecule has 35 heavy (non-hydrogen) atoms. The topological polar surface area (TPSA) is 35.5 Å². The average Bonchev–Trinajstić information content (AvgIpc) is 2.88. The lowest BCUT2D eigenvalue weighted by molar-refractivity contribution is -0.151. The molecule has 0 spiro atoms. The summed E-state index contributed by atoms with van der Waals surface area (Å²) < 4.78 is 10.9. The molecule has 0 bridgehead atoms. The van der Waals surface area contributed by atoms with E-state index in [0.29, 0.717) is 0 Å². The van der Waals surface area contributed by atoms with Crippen molar-refractivity contribution in [2.75, 3.05) is 14.2 Å². The fourth-order valence-corrected chi connectivity index (χ4v) is 5.00. The number of ether oxygens (including phenoxy) is 2. The molecule has 0 amide bonds. The van der Waals surface area contributed by atoms with Crippen LogP contribution in [-0.4, -0.2) is 26.3 Å². The van der Waals surface area contributed by atoms with Crippen LogP contribution in [0.2, 0.25) is 0 Å². The highest BCUT2D eigenvalue weighted by atomic mass is 16.5. The van der Waals surface area contributed by atoms with Gasteiger partial charge in [0.1, 0.15) is 0 Å². The van der Waals surface area contributed by atoms with Gasteiger partial charge in [0, 0.05) is 7.11 Å². The number of hydrogen-bond donors (Lipinski definition) is 0. The molecule has 0 N–H and O–H groups in total. The van der Waals surface area contributed by atoms with Crippen LogP contribution in [0.1, 0.15) is 162 Å². The first-order valence-electron chi connectivity index (χ1n) is 15.5. The highest BCUT2D eigenvalue weighted by Gasteiger charge is 2.28. The van der Waals surface area contributed by atoms with E-state index >= 15 is 0 Å². The Balaban J connectivity index is 3.91. The summed E-state index contributed by atoms with van der Waals surface area (Å²) >= 11 is 0. The average molecular weight is 495 g/mol. The zero-order valence-electron chi connectivity index (χ0n) is 24.3. The van der Waals surface area contributed by atoms with Crippen molar-refractivity contribution in [1.29, 1.82) is 0 Å². The molecule has 0 aromatic carbocycles. The maximum Gasteiger partial charge on any atom is 0.311 e. The lowest BCUT2D eigenvalue weighted by atomic mass is 9.91. The molecule has 3 nitrogen and oxygen atoms in total. The van der Waals surface area contributed by atoms with Gasteiger partial charge in [-0.3, -0.25) is 4.79 Å². The molecule has 2 unspecified atom stereocenters. The summed E-state index contributed by atoms with van der Waals surface area (Å²) in [5.41, 5.74) is 0. The van der Waals surface area contributed by atoms with E-state index in [9.17, 15) is 4.79 Å². The van der Waals surface area contributed by atoms with Crippen LogP contribution in [0.3, 0.4) is 0 Å². The van der Waals surface area contributed by atoms with E-state index in [1.165, 1.54) is 129 Å². The van der Waals surface area contributed by atoms with Crippen molar-refractivity contribution in [3.05, 3.63) is 12.2 Å². The van der Waals surface area contributed by atoms with Crippen LogP contribution in [0.5, 0.6) is 0 Å². The molecule has 0 aliphatic carbocycles. The van der Waals surface area contributed by atoms with Crippen molar-refractivity contribution in [3.8, 4) is 0 Å². The molecule has 0 aliphatic rings. The van der Waals surface area contributed by atoms with Gasteiger partial charge in [0.25, 0.3) is 0 Å². The first-order chi connectivity index (χ1) is 17.2. The van der Waals surface area contributed by atoms with Crippen LogP contribution in [0, 0.1) is 5.92 Å². The maximum atomic E-state index is 12.4. The summed E-state index contributed by atoms with van der Waals surface area (Å²) in [5.74, 6) is -0.198. The Kier molecular flexibility index (Phi) is 27.1. The molecular weight excluding hydrogens is 432 g/mol. The summed E-state index contributed by atoms with van der Waals surface area (Å²) in [6.07, 6.45) is 33.9. The zero-order valence-corrected chi connectivity index (χ0v) is 24.3. The Morgan fingerprint density at radius 1 is 0.571 bits per heavy atom. The second kappa shape index (κ2) is 27.8. The number of hydrogen-bond acceptors (Lipinski definition) is 3. The van der Waals surface area contributed by atoms with Crippen molar-refractivity contribution in [3.63, 3.8) is 0 Å². The van der Waals surface area contributed by atoms with Gasteiger partial charge in [-0.15, -0.1) is 0 Å². The van der Waals surface area contributed by atoms with Crippen LogP contribution in [0.15, 0.2) is 12.2 Å². The standard InChI is InChI=1S/C32H62O3/c1-5-7-9-11-13-15-17-18-19-21-23-25-27-29-31(34-3)30(32(33)35-4)28-26-24-22-20-16-14-12-10-8-6-2/h15,17,30-31H,5-14,16,18-29H2,1-4H3. The molecule has 0 aliphatic heterocycles. The SMILES string of the molecule is CCCCCCC=CCCCCCCCC(OC)C(CCCCCCCCCCCC)C(=O)OC. The van der Waals surface area contributed by atoms with Gasteiger partial charge >= 0.3 is 5.97 Å². The molecule has 0 radical (unpaired) electrons. The van der Waals surface area contributed by atoms with E-state index in [4.69, 9.17) is 9.47 Å². The van der Waals surface area contributed by atoms with E-state index in [1.54, 1.807) is 7.11 Å². The minimum atomic E-state index is -0.110. The van der Waals surface area contributed by atoms with Gasteiger partial charge < -0.3 is 9.47 Å². The largest absolute Gasteiger partial charge is 0.469 e. The van der Waals surface area contributed by atoms with Crippen molar-refractivity contribution in [2.45, 2.75) is 168 Å². The van der Waals surface area contributed by atoms with Gasteiger partial charge in [-0.1, -0.05) is 135 Å². The fourth-order valence-electron chi connectivity index (χ4n) is 5.00. The van der Waals surface area contributed by atoms with Crippen molar-refractivity contribution < 1.29 is 14.3 Å². The molecule has 0 heterocycles. The van der Waals surface area contributed by atoms with E-state index in [-0.39, 0.29) is 18.0 Å². The molecule has 0 fully saturated rings. The Morgan fingerprint density at radius 2 is 0.971 bits per heavy atom. The monoisotopic (exact) mass is 494 g/mol. The predicted molar refractivity (Wildman–Crippen MR) is 153 cm³/mol. The van der Waals surface area contributed by atoms with E-state index in [0.717, 1.165) is 25.7 Å². The first-order valence-corrected chi connectivity index (χ1v) is 15.5.